The molecule has 3 rings (SSSR count). The van der Waals surface area contributed by atoms with Crippen LogP contribution in [0.4, 0.5) is 0 Å². The van der Waals surface area contributed by atoms with Gasteiger partial charge in [-0.3, -0.25) is 9.59 Å². The maximum Gasteiger partial charge on any atom is 0.295 e. The van der Waals surface area contributed by atoms with Gasteiger partial charge in [-0.25, -0.2) is 0 Å². The molecule has 1 fully saturated rings. The molecule has 0 spiro atoms. The van der Waals surface area contributed by atoms with Gasteiger partial charge in [0.1, 0.15) is 5.76 Å². The van der Waals surface area contributed by atoms with E-state index >= 15 is 0 Å². The zero-order valence-electron chi connectivity index (χ0n) is 15.8. The molecule has 1 unspecified atom stereocenters. The average Bonchev–Trinajstić information content (AvgIpc) is 2.94. The third kappa shape index (κ3) is 4.03. The van der Waals surface area contributed by atoms with Crippen molar-refractivity contribution >= 4 is 33.4 Å². The van der Waals surface area contributed by atoms with E-state index in [4.69, 9.17) is 4.74 Å². The summed E-state index contributed by atoms with van der Waals surface area (Å²) in [6, 6.07) is 14.0. The Morgan fingerprint density at radius 1 is 1.11 bits per heavy atom. The molecule has 28 heavy (non-hydrogen) atoms. The lowest BCUT2D eigenvalue weighted by Crippen LogP contribution is -2.31. The number of carbonyl (C=O) groups excluding carboxylic acids is 2. The van der Waals surface area contributed by atoms with Gasteiger partial charge in [-0.2, -0.15) is 0 Å². The summed E-state index contributed by atoms with van der Waals surface area (Å²) < 4.78 is 5.98. The number of likely N-dealkylation sites (tertiary alicyclic amines) is 1. The lowest BCUT2D eigenvalue weighted by atomic mass is 9.95. The fourth-order valence-corrected chi connectivity index (χ4v) is 3.61. The van der Waals surface area contributed by atoms with E-state index in [9.17, 15) is 14.7 Å². The number of methoxy groups -OCH3 is 1. The molecule has 5 nitrogen and oxygen atoms in total. The van der Waals surface area contributed by atoms with Crippen LogP contribution < -0.4 is 0 Å². The smallest absolute Gasteiger partial charge is 0.295 e. The standard InChI is InChI=1S/C22H22BrNO4/c1-14-4-6-16(7-5-14)20(25)18-19(15-8-10-17(23)11-9-15)24(12-3-13-28-2)22(27)21(18)26/h4-11,19,25H,3,12-13H2,1-2H3/b20-18-. The van der Waals surface area contributed by atoms with Crippen LogP contribution in [0.15, 0.2) is 58.6 Å². The number of hydrogen-bond donors (Lipinski definition) is 1. The van der Waals surface area contributed by atoms with E-state index in [1.165, 1.54) is 4.90 Å². The summed E-state index contributed by atoms with van der Waals surface area (Å²) >= 11 is 3.41. The number of rotatable bonds is 6. The van der Waals surface area contributed by atoms with Crippen LogP contribution in [-0.2, 0) is 14.3 Å². The van der Waals surface area contributed by atoms with Crippen LogP contribution >= 0.6 is 15.9 Å². The number of benzene rings is 2. The van der Waals surface area contributed by atoms with Gasteiger partial charge in [0.05, 0.1) is 11.6 Å². The number of Topliss-reactive ketones (excluding diaryl/α,β-unsaturated/α-hetero) is 1. The van der Waals surface area contributed by atoms with Crippen LogP contribution in [0.1, 0.15) is 29.2 Å². The number of ether oxygens (including phenoxy) is 1. The van der Waals surface area contributed by atoms with Crippen LogP contribution in [0.25, 0.3) is 5.76 Å². The minimum Gasteiger partial charge on any atom is -0.507 e. The van der Waals surface area contributed by atoms with E-state index in [-0.39, 0.29) is 11.3 Å². The zero-order chi connectivity index (χ0) is 20.3. The number of ketones is 1. The fourth-order valence-electron chi connectivity index (χ4n) is 3.35. The number of carbonyl (C=O) groups is 2. The fraction of sp³-hybridized carbons (Fsp3) is 0.273. The Bertz CT molecular complexity index is 903. The maximum atomic E-state index is 12.8. The molecule has 0 aromatic heterocycles. The Balaban J connectivity index is 2.10. The second-order valence-corrected chi connectivity index (χ2v) is 7.67. The van der Waals surface area contributed by atoms with E-state index in [2.05, 4.69) is 15.9 Å². The summed E-state index contributed by atoms with van der Waals surface area (Å²) in [4.78, 5) is 27.1. The first kappa shape index (κ1) is 20.3. The van der Waals surface area contributed by atoms with Crippen LogP contribution in [-0.4, -0.2) is 42.0 Å². The van der Waals surface area contributed by atoms with Gasteiger partial charge in [0.15, 0.2) is 0 Å². The van der Waals surface area contributed by atoms with E-state index in [0.717, 1.165) is 15.6 Å². The van der Waals surface area contributed by atoms with Crippen LogP contribution in [0, 0.1) is 6.92 Å². The molecule has 1 N–H and O–H groups in total. The molecule has 1 atom stereocenters. The van der Waals surface area contributed by atoms with Gasteiger partial charge in [0.2, 0.25) is 0 Å². The van der Waals surface area contributed by atoms with Crippen molar-refractivity contribution < 1.29 is 19.4 Å². The third-order valence-corrected chi connectivity index (χ3v) is 5.33. The Morgan fingerprint density at radius 2 is 1.75 bits per heavy atom. The number of aryl methyl sites for hydroxylation is 1. The molecular formula is C22H22BrNO4. The normalized spacial score (nSPS) is 18.7. The SMILES string of the molecule is COCCCN1C(=O)C(=O)/C(=C(\O)c2ccc(C)cc2)C1c1ccc(Br)cc1. The summed E-state index contributed by atoms with van der Waals surface area (Å²) in [6.07, 6.45) is 0.598. The van der Waals surface area contributed by atoms with Crippen molar-refractivity contribution in [1.82, 2.24) is 4.90 Å². The number of halogens is 1. The van der Waals surface area contributed by atoms with Crippen molar-refractivity contribution in [2.45, 2.75) is 19.4 Å². The molecule has 2 aromatic carbocycles. The highest BCUT2D eigenvalue weighted by atomic mass is 79.9. The summed E-state index contributed by atoms with van der Waals surface area (Å²) in [7, 11) is 1.59. The molecule has 1 aliphatic rings. The lowest BCUT2D eigenvalue weighted by Gasteiger charge is -2.25. The van der Waals surface area contributed by atoms with Gasteiger partial charge in [0, 0.05) is 30.3 Å². The summed E-state index contributed by atoms with van der Waals surface area (Å²) in [5.74, 6) is -1.42. The van der Waals surface area contributed by atoms with Gasteiger partial charge in [-0.15, -0.1) is 0 Å². The second kappa shape index (κ2) is 8.71. The first-order chi connectivity index (χ1) is 13.4. The third-order valence-electron chi connectivity index (χ3n) is 4.80. The van der Waals surface area contributed by atoms with Gasteiger partial charge in [-0.05, 0) is 31.0 Å². The van der Waals surface area contributed by atoms with E-state index in [0.29, 0.717) is 25.1 Å². The predicted molar refractivity (Wildman–Crippen MR) is 111 cm³/mol. The van der Waals surface area contributed by atoms with Crippen molar-refractivity contribution in [3.63, 3.8) is 0 Å². The quantitative estimate of drug-likeness (QED) is 0.314. The van der Waals surface area contributed by atoms with Crippen LogP contribution in [0.2, 0.25) is 0 Å². The first-order valence-corrected chi connectivity index (χ1v) is 9.83. The predicted octanol–water partition coefficient (Wildman–Crippen LogP) is 4.22. The summed E-state index contributed by atoms with van der Waals surface area (Å²) in [6.45, 7) is 2.79. The number of amides is 1. The van der Waals surface area contributed by atoms with Crippen LogP contribution in [0.5, 0.6) is 0 Å². The minimum absolute atomic E-state index is 0.119. The van der Waals surface area contributed by atoms with Crippen molar-refractivity contribution in [3.05, 3.63) is 75.3 Å². The van der Waals surface area contributed by atoms with Crippen molar-refractivity contribution in [2.24, 2.45) is 0 Å². The van der Waals surface area contributed by atoms with Crippen LogP contribution in [0.3, 0.4) is 0 Å². The molecule has 146 valence electrons. The zero-order valence-corrected chi connectivity index (χ0v) is 17.4. The Labute approximate surface area is 172 Å². The van der Waals surface area contributed by atoms with Gasteiger partial charge in [-0.1, -0.05) is 57.9 Å². The largest absolute Gasteiger partial charge is 0.507 e. The molecular weight excluding hydrogens is 422 g/mol. The van der Waals surface area contributed by atoms with Crippen molar-refractivity contribution in [3.8, 4) is 0 Å². The first-order valence-electron chi connectivity index (χ1n) is 9.04. The van der Waals surface area contributed by atoms with Gasteiger partial charge < -0.3 is 14.7 Å². The molecule has 0 saturated carbocycles. The lowest BCUT2D eigenvalue weighted by molar-refractivity contribution is -0.140. The Hall–Kier alpha value is -2.44. The number of hydrogen-bond acceptors (Lipinski definition) is 4. The topological polar surface area (TPSA) is 66.8 Å². The molecule has 0 bridgehead atoms. The summed E-state index contributed by atoms with van der Waals surface area (Å²) in [5.41, 5.74) is 2.45. The average molecular weight is 444 g/mol. The Kier molecular flexibility index (Phi) is 6.31. The highest BCUT2D eigenvalue weighted by Crippen LogP contribution is 2.39. The van der Waals surface area contributed by atoms with Gasteiger partial charge in [0.25, 0.3) is 11.7 Å². The second-order valence-electron chi connectivity index (χ2n) is 6.76. The van der Waals surface area contributed by atoms with Crippen molar-refractivity contribution in [1.29, 1.82) is 0 Å². The Morgan fingerprint density at radius 3 is 2.36 bits per heavy atom. The molecule has 2 aromatic rings. The monoisotopic (exact) mass is 443 g/mol. The molecule has 0 radical (unpaired) electrons. The minimum atomic E-state index is -0.664. The van der Waals surface area contributed by atoms with E-state index < -0.39 is 17.7 Å². The molecule has 1 heterocycles. The van der Waals surface area contributed by atoms with Gasteiger partial charge >= 0.3 is 0 Å². The highest BCUT2D eigenvalue weighted by molar-refractivity contribution is 9.10. The maximum absolute atomic E-state index is 12.8. The number of aliphatic hydroxyl groups excluding tert-OH is 1. The molecule has 6 heteroatoms. The molecule has 1 aliphatic heterocycles. The summed E-state index contributed by atoms with van der Waals surface area (Å²) in [5, 5.41) is 10.9. The van der Waals surface area contributed by atoms with E-state index in [1.54, 1.807) is 19.2 Å². The number of nitrogens with zero attached hydrogens (tertiary/aromatic N) is 1. The highest BCUT2D eigenvalue weighted by Gasteiger charge is 2.45. The van der Waals surface area contributed by atoms with Crippen molar-refractivity contribution in [2.75, 3.05) is 20.3 Å². The van der Waals surface area contributed by atoms with E-state index in [1.807, 2.05) is 43.3 Å². The molecule has 0 aliphatic carbocycles. The molecule has 1 saturated heterocycles. The number of aliphatic hydroxyl groups is 1. The molecule has 1 amide bonds.